The number of hydrogen-bond donors (Lipinski definition) is 0. The molecule has 0 aliphatic carbocycles. The second-order valence-corrected chi connectivity index (χ2v) is 6.70. The van der Waals surface area contributed by atoms with Gasteiger partial charge in [-0.05, 0) is 38.5 Å². The molecule has 0 aliphatic heterocycles. The molecule has 4 nitrogen and oxygen atoms in total. The summed E-state index contributed by atoms with van der Waals surface area (Å²) < 4.78 is 14.9. The Bertz CT molecular complexity index is 1040. The van der Waals surface area contributed by atoms with Crippen molar-refractivity contribution in [3.8, 4) is 11.3 Å². The normalized spacial score (nSPS) is 11.5. The van der Waals surface area contributed by atoms with Gasteiger partial charge in [0.15, 0.2) is 5.82 Å². The lowest BCUT2D eigenvalue weighted by molar-refractivity contribution is 0.529. The molecule has 144 valence electrons. The number of hydrazone groups is 1. The van der Waals surface area contributed by atoms with Crippen molar-refractivity contribution in [2.45, 2.75) is 20.8 Å². The van der Waals surface area contributed by atoms with Gasteiger partial charge in [0.25, 0.3) is 0 Å². The lowest BCUT2D eigenvalue weighted by Crippen LogP contribution is -2.26. The fraction of sp³-hybridized carbons (Fsp3) is 0.217. The monoisotopic (exact) mass is 376 g/mol. The number of amidine groups is 1. The van der Waals surface area contributed by atoms with Crippen molar-refractivity contribution < 1.29 is 4.39 Å². The van der Waals surface area contributed by atoms with Crippen molar-refractivity contribution >= 4 is 22.4 Å². The molecule has 0 unspecified atom stereocenters. The van der Waals surface area contributed by atoms with Gasteiger partial charge < -0.3 is 4.90 Å². The third kappa shape index (κ3) is 3.88. The van der Waals surface area contributed by atoms with Gasteiger partial charge in [0.2, 0.25) is 0 Å². The first-order valence-electron chi connectivity index (χ1n) is 9.29. The van der Waals surface area contributed by atoms with E-state index in [2.05, 4.69) is 16.7 Å². The number of hydrogen-bond acceptors (Lipinski definition) is 3. The minimum absolute atomic E-state index is 0.344. The molecule has 0 spiro atoms. The van der Waals surface area contributed by atoms with Gasteiger partial charge >= 0.3 is 0 Å². The van der Waals surface area contributed by atoms with E-state index in [1.807, 2.05) is 69.1 Å². The summed E-state index contributed by atoms with van der Waals surface area (Å²) >= 11 is 0. The molecule has 1 aromatic heterocycles. The van der Waals surface area contributed by atoms with Crippen molar-refractivity contribution in [3.05, 3.63) is 72.7 Å². The summed E-state index contributed by atoms with van der Waals surface area (Å²) in [6.07, 6.45) is 1.51. The smallest absolute Gasteiger partial charge is 0.151 e. The number of fused-ring (bicyclic) bond motifs is 1. The van der Waals surface area contributed by atoms with Crippen molar-refractivity contribution in [2.24, 2.45) is 5.10 Å². The van der Waals surface area contributed by atoms with E-state index in [9.17, 15) is 4.39 Å². The number of aryl methyl sites for hydroxylation is 1. The summed E-state index contributed by atoms with van der Waals surface area (Å²) in [5.74, 6) is 0.382. The van der Waals surface area contributed by atoms with Crippen LogP contribution in [0.15, 0.2) is 66.4 Å². The van der Waals surface area contributed by atoms with E-state index >= 15 is 0 Å². The molecule has 0 saturated heterocycles. The average molecular weight is 376 g/mol. The van der Waals surface area contributed by atoms with Gasteiger partial charge in [0, 0.05) is 36.8 Å². The second-order valence-electron chi connectivity index (χ2n) is 6.70. The van der Waals surface area contributed by atoms with Crippen LogP contribution in [0.3, 0.4) is 0 Å². The number of anilines is 1. The number of benzene rings is 2. The third-order valence-corrected chi connectivity index (χ3v) is 4.88. The topological polar surface area (TPSA) is 31.7 Å². The SMILES string of the molecule is C=CN(/N=C(/C)N(C)CC)c1cc2ccc(-c3ccccc3C)nc2cc1F. The fourth-order valence-corrected chi connectivity index (χ4v) is 2.97. The van der Waals surface area contributed by atoms with E-state index in [4.69, 9.17) is 0 Å². The number of halogens is 1. The lowest BCUT2D eigenvalue weighted by atomic mass is 10.0. The molecule has 0 bridgehead atoms. The molecule has 0 atom stereocenters. The van der Waals surface area contributed by atoms with Gasteiger partial charge in [-0.3, -0.25) is 0 Å². The van der Waals surface area contributed by atoms with Crippen LogP contribution in [0.2, 0.25) is 0 Å². The predicted octanol–water partition coefficient (Wildman–Crippen LogP) is 5.58. The third-order valence-electron chi connectivity index (χ3n) is 4.88. The Kier molecular flexibility index (Phi) is 5.73. The standard InChI is InChI=1S/C23H25FN4/c1-6-27(5)17(4)26-28(7-2)23-14-18-12-13-21(25-22(18)15-20(23)24)19-11-9-8-10-16(19)3/h7-15H,2,6H2,1,3-5H3/b26-17-. The minimum atomic E-state index is -0.391. The van der Waals surface area contributed by atoms with E-state index in [1.165, 1.54) is 17.3 Å². The molecule has 0 aliphatic rings. The highest BCUT2D eigenvalue weighted by Gasteiger charge is 2.13. The van der Waals surface area contributed by atoms with Crippen molar-refractivity contribution in [3.63, 3.8) is 0 Å². The van der Waals surface area contributed by atoms with Gasteiger partial charge in [0.1, 0.15) is 11.5 Å². The molecule has 28 heavy (non-hydrogen) atoms. The molecule has 0 saturated carbocycles. The predicted molar refractivity (Wildman–Crippen MR) is 116 cm³/mol. The number of rotatable bonds is 5. The first-order chi connectivity index (χ1) is 13.4. The van der Waals surface area contributed by atoms with Crippen LogP contribution >= 0.6 is 0 Å². The van der Waals surface area contributed by atoms with E-state index in [0.29, 0.717) is 11.2 Å². The Morgan fingerprint density at radius 1 is 1.21 bits per heavy atom. The zero-order valence-corrected chi connectivity index (χ0v) is 16.8. The van der Waals surface area contributed by atoms with E-state index in [1.54, 1.807) is 6.07 Å². The quantitative estimate of drug-likeness (QED) is 0.331. The fourth-order valence-electron chi connectivity index (χ4n) is 2.97. The van der Waals surface area contributed by atoms with Crippen LogP contribution in [0.1, 0.15) is 19.4 Å². The van der Waals surface area contributed by atoms with Crippen molar-refractivity contribution in [1.29, 1.82) is 0 Å². The molecule has 3 rings (SSSR count). The molecule has 0 amide bonds. The Morgan fingerprint density at radius 2 is 1.96 bits per heavy atom. The molecule has 5 heteroatoms. The second kappa shape index (κ2) is 8.21. The first-order valence-corrected chi connectivity index (χ1v) is 9.29. The Morgan fingerprint density at radius 3 is 2.64 bits per heavy atom. The summed E-state index contributed by atoms with van der Waals surface area (Å²) in [6, 6.07) is 15.2. The molecular formula is C23H25FN4. The van der Waals surface area contributed by atoms with Crippen molar-refractivity contribution in [1.82, 2.24) is 9.88 Å². The molecular weight excluding hydrogens is 351 g/mol. The Balaban J connectivity index is 2.05. The Hall–Kier alpha value is -3.21. The molecule has 2 aromatic carbocycles. The minimum Gasteiger partial charge on any atom is -0.362 e. The Labute approximate surface area is 165 Å². The molecule has 0 N–H and O–H groups in total. The van der Waals surface area contributed by atoms with Crippen LogP contribution in [0.25, 0.3) is 22.2 Å². The molecule has 1 heterocycles. The maximum Gasteiger partial charge on any atom is 0.151 e. The molecule has 0 radical (unpaired) electrons. The summed E-state index contributed by atoms with van der Waals surface area (Å²) in [5, 5.41) is 6.79. The van der Waals surface area contributed by atoms with Gasteiger partial charge in [-0.25, -0.2) is 14.4 Å². The van der Waals surface area contributed by atoms with E-state index in [0.717, 1.165) is 34.6 Å². The zero-order valence-electron chi connectivity index (χ0n) is 16.8. The zero-order chi connectivity index (χ0) is 20.3. The summed E-state index contributed by atoms with van der Waals surface area (Å²) in [5.41, 5.74) is 3.96. The number of nitrogens with zero attached hydrogens (tertiary/aromatic N) is 4. The largest absolute Gasteiger partial charge is 0.362 e. The van der Waals surface area contributed by atoms with Crippen LogP contribution in [0.4, 0.5) is 10.1 Å². The first kappa shape index (κ1) is 19.5. The van der Waals surface area contributed by atoms with Crippen LogP contribution < -0.4 is 5.01 Å². The van der Waals surface area contributed by atoms with Crippen LogP contribution in [0, 0.1) is 12.7 Å². The summed E-state index contributed by atoms with van der Waals surface area (Å²) in [6.45, 7) is 10.5. The highest BCUT2D eigenvalue weighted by Crippen LogP contribution is 2.29. The number of aromatic nitrogens is 1. The molecule has 3 aromatic rings. The van der Waals surface area contributed by atoms with E-state index < -0.39 is 5.82 Å². The van der Waals surface area contributed by atoms with Crippen LogP contribution in [-0.2, 0) is 0 Å². The average Bonchev–Trinajstić information content (AvgIpc) is 2.70. The highest BCUT2D eigenvalue weighted by atomic mass is 19.1. The maximum absolute atomic E-state index is 14.9. The molecule has 0 fully saturated rings. The van der Waals surface area contributed by atoms with Gasteiger partial charge in [-0.15, -0.1) is 0 Å². The summed E-state index contributed by atoms with van der Waals surface area (Å²) in [4.78, 5) is 6.65. The number of pyridine rings is 1. The highest BCUT2D eigenvalue weighted by molar-refractivity contribution is 5.86. The van der Waals surface area contributed by atoms with Gasteiger partial charge in [-0.1, -0.05) is 36.9 Å². The lowest BCUT2D eigenvalue weighted by Gasteiger charge is -2.21. The van der Waals surface area contributed by atoms with Gasteiger partial charge in [-0.2, -0.15) is 5.10 Å². The van der Waals surface area contributed by atoms with E-state index in [-0.39, 0.29) is 0 Å². The van der Waals surface area contributed by atoms with Crippen molar-refractivity contribution in [2.75, 3.05) is 18.6 Å². The van der Waals surface area contributed by atoms with Gasteiger partial charge in [0.05, 0.1) is 11.2 Å². The maximum atomic E-state index is 14.9. The van der Waals surface area contributed by atoms with Crippen LogP contribution in [0.5, 0.6) is 0 Å². The van der Waals surface area contributed by atoms with Crippen LogP contribution in [-0.4, -0.2) is 29.3 Å². The summed E-state index contributed by atoms with van der Waals surface area (Å²) in [7, 11) is 1.94.